The molecule has 9 N–H and O–H groups in total. The number of benzene rings is 2. The maximum Gasteiger partial charge on any atom is 0.255 e. The molecule has 6 atom stereocenters. The van der Waals surface area contributed by atoms with E-state index in [4.69, 9.17) is 61.9 Å². The smallest absolute Gasteiger partial charge is 0.255 e. The molecular weight excluding hydrogens is 1350 g/mol. The van der Waals surface area contributed by atoms with Crippen molar-refractivity contribution < 1.29 is 76.2 Å². The summed E-state index contributed by atoms with van der Waals surface area (Å²) in [6.45, 7) is 7.12. The van der Waals surface area contributed by atoms with Gasteiger partial charge in [0.05, 0.1) is 84.8 Å². The van der Waals surface area contributed by atoms with E-state index >= 15 is 0 Å². The monoisotopic (exact) mass is 1460 g/mol. The minimum absolute atomic E-state index is 0.0251. The molecule has 27 heteroatoms. The van der Waals surface area contributed by atoms with E-state index in [0.29, 0.717) is 217 Å². The summed E-state index contributed by atoms with van der Waals surface area (Å²) in [5.74, 6) is 9.27. The Hall–Kier alpha value is -6.81. The molecule has 2 aromatic rings. The quantitative estimate of drug-likeness (QED) is 0.0191. The Bertz CT molecular complexity index is 2800. The van der Waals surface area contributed by atoms with Gasteiger partial charge in [-0.25, -0.2) is 0 Å². The lowest BCUT2D eigenvalue weighted by atomic mass is 10.0. The molecule has 2 saturated heterocycles. The summed E-state index contributed by atoms with van der Waals surface area (Å²) in [6.07, 6.45) is 32.7. The largest absolute Gasteiger partial charge is 0.490 e. The lowest BCUT2D eigenvalue weighted by molar-refractivity contribution is -0.122. The zero-order valence-corrected chi connectivity index (χ0v) is 61.9. The van der Waals surface area contributed by atoms with E-state index < -0.39 is 17.7 Å². The van der Waals surface area contributed by atoms with Crippen LogP contribution in [0.1, 0.15) is 166 Å². The lowest BCUT2D eigenvalue weighted by Crippen LogP contribution is -2.48. The minimum atomic E-state index is -0.567. The predicted octanol–water partition coefficient (Wildman–Crippen LogP) is 6.59. The van der Waals surface area contributed by atoms with Gasteiger partial charge in [-0.15, -0.1) is 37.0 Å². The van der Waals surface area contributed by atoms with E-state index in [2.05, 4.69) is 65.6 Å². The van der Waals surface area contributed by atoms with Crippen molar-refractivity contribution >= 4 is 71.6 Å². The molecule has 0 aliphatic carbocycles. The van der Waals surface area contributed by atoms with E-state index in [0.717, 1.165) is 82.1 Å². The first-order chi connectivity index (χ1) is 50.0. The number of amides is 7. The molecule has 2 heterocycles. The van der Waals surface area contributed by atoms with Gasteiger partial charge in [-0.05, 0) is 134 Å². The first-order valence-corrected chi connectivity index (χ1v) is 38.5. The van der Waals surface area contributed by atoms with Gasteiger partial charge >= 0.3 is 0 Å². The Morgan fingerprint density at radius 2 is 0.833 bits per heavy atom. The van der Waals surface area contributed by atoms with Gasteiger partial charge in [0.25, 0.3) is 17.7 Å². The summed E-state index contributed by atoms with van der Waals surface area (Å²) >= 11 is 3.73. The van der Waals surface area contributed by atoms with Crippen LogP contribution in [0.2, 0.25) is 0 Å². The highest BCUT2D eigenvalue weighted by Crippen LogP contribution is 2.40. The number of nitrogens with one attached hydrogen (secondary N) is 9. The second-order valence-electron chi connectivity index (χ2n) is 24.5. The summed E-state index contributed by atoms with van der Waals surface area (Å²) in [5, 5.41) is 27.8. The highest BCUT2D eigenvalue weighted by molar-refractivity contribution is 8.00. The van der Waals surface area contributed by atoms with Crippen LogP contribution in [-0.2, 0) is 47.6 Å². The summed E-state index contributed by atoms with van der Waals surface area (Å²) in [6, 6.07) is 8.36. The third-order valence-electron chi connectivity index (χ3n) is 16.7. The van der Waals surface area contributed by atoms with Gasteiger partial charge < -0.3 is 90.5 Å². The van der Waals surface area contributed by atoms with Crippen molar-refractivity contribution in [3.63, 3.8) is 0 Å². The van der Waals surface area contributed by atoms with E-state index in [-0.39, 0.29) is 71.4 Å². The normalized spacial score (nSPS) is 16.7. The van der Waals surface area contributed by atoms with E-state index in [1.807, 2.05) is 37.6 Å². The molecule has 568 valence electrons. The van der Waals surface area contributed by atoms with Crippen LogP contribution < -0.4 is 62.1 Å². The number of unbranched alkanes of at least 4 members (excludes halogenated alkanes) is 8. The number of terminal acetylenes is 3. The molecule has 2 aliphatic heterocycles. The molecule has 25 nitrogen and oxygen atoms in total. The molecule has 2 aromatic carbocycles. The van der Waals surface area contributed by atoms with Gasteiger partial charge in [0.15, 0.2) is 11.5 Å². The first kappa shape index (κ1) is 87.6. The molecule has 4 rings (SSSR count). The standard InChI is InChI=1S/C75H115N9O16S2/c1-6-9-12-19-38-98-64-52-60(53-65(99-39-20-13-10-7-2)72(64)100-40-21-14-11-8-3)75(91)84-61-50-58(73(89)80-32-24-36-94-43-47-96-45-41-92-34-22-30-78-68(87)28-17-15-26-66-70(77-5)63(55-102-66)82-56-85)49-59(51-61)74(90)81-33-25-37-95-44-48-97-46-42-93-35-23-31-79-69(88)29-18-16-27-67-71(83-57-86)62(76-4)54-101-67/h1-3,49-53,56-57,62-63,66-67,70-71,76-77H,9-48,54-55H2,4-5H3,(H,78,87)(H,79,88)(H,80,89)(H,81,90)(H,82,85)(H,83,86)(H,84,91). The Morgan fingerprint density at radius 1 is 0.431 bits per heavy atom. The van der Waals surface area contributed by atoms with Gasteiger partial charge in [0.1, 0.15) is 0 Å². The Labute approximate surface area is 614 Å². The summed E-state index contributed by atoms with van der Waals surface area (Å²) in [5.41, 5.74) is 0.628. The zero-order valence-electron chi connectivity index (χ0n) is 60.3. The SMILES string of the molecule is C#CCCCCOc1cc(C(=O)Nc2cc(C(=O)NCCCOCCOCCOCCCNC(=O)CCCCC3SCC(NC=O)C3NC)cc(C(=O)NCCCOCCOCCOCCCNC(=O)CCCCC3SCC(NC)C3NC=O)c2)cc(OCCCCC#C)c1OCCCCC#C. The molecule has 0 saturated carbocycles. The van der Waals surface area contributed by atoms with Crippen LogP contribution in [0.5, 0.6) is 17.2 Å². The molecule has 2 aliphatic rings. The molecular formula is C75H115N9O16S2. The fourth-order valence-corrected chi connectivity index (χ4v) is 14.4. The Kier molecular flexibility index (Phi) is 49.4. The third kappa shape index (κ3) is 38.1. The number of hydrogen-bond acceptors (Lipinski definition) is 20. The molecule has 102 heavy (non-hydrogen) atoms. The third-order valence-corrected chi connectivity index (χ3v) is 19.7. The summed E-state index contributed by atoms with van der Waals surface area (Å²) < 4.78 is 53.0. The van der Waals surface area contributed by atoms with Crippen LogP contribution in [0.25, 0.3) is 0 Å². The van der Waals surface area contributed by atoms with Crippen molar-refractivity contribution in [2.24, 2.45) is 0 Å². The van der Waals surface area contributed by atoms with Gasteiger partial charge in [-0.2, -0.15) is 23.5 Å². The zero-order chi connectivity index (χ0) is 73.3. The van der Waals surface area contributed by atoms with Crippen molar-refractivity contribution in [2.45, 2.75) is 170 Å². The number of likely N-dealkylation sites (N-methyl/N-ethyl adjacent to an activating group) is 2. The average molecular weight is 1460 g/mol. The Morgan fingerprint density at radius 3 is 1.25 bits per heavy atom. The second kappa shape index (κ2) is 57.6. The summed E-state index contributed by atoms with van der Waals surface area (Å²) in [4.78, 5) is 88.7. The van der Waals surface area contributed by atoms with Gasteiger partial charge in [0, 0.05) is 141 Å². The van der Waals surface area contributed by atoms with Crippen LogP contribution in [0.15, 0.2) is 30.3 Å². The van der Waals surface area contributed by atoms with Gasteiger partial charge in [0.2, 0.25) is 30.4 Å². The number of carbonyl (C=O) groups excluding carboxylic acids is 7. The lowest BCUT2D eigenvalue weighted by Gasteiger charge is -2.22. The maximum atomic E-state index is 14.4. The topological polar surface area (TPSA) is 311 Å². The van der Waals surface area contributed by atoms with Crippen molar-refractivity contribution in [3.8, 4) is 54.3 Å². The maximum absolute atomic E-state index is 14.4. The number of thioether (sulfide) groups is 2. The van der Waals surface area contributed by atoms with Crippen LogP contribution in [0.3, 0.4) is 0 Å². The fourth-order valence-electron chi connectivity index (χ4n) is 11.1. The molecule has 0 bridgehead atoms. The fraction of sp³-hybridized carbons (Fsp3) is 0.667. The highest BCUT2D eigenvalue weighted by atomic mass is 32.2. The van der Waals surface area contributed by atoms with Crippen molar-refractivity contribution in [3.05, 3.63) is 47.0 Å². The first-order valence-electron chi connectivity index (χ1n) is 36.4. The number of hydrogen-bond donors (Lipinski definition) is 9. The molecule has 0 spiro atoms. The van der Waals surface area contributed by atoms with E-state index in [1.165, 1.54) is 18.2 Å². The molecule has 0 radical (unpaired) electrons. The number of carbonyl (C=O) groups is 7. The predicted molar refractivity (Wildman–Crippen MR) is 401 cm³/mol. The van der Waals surface area contributed by atoms with Crippen molar-refractivity contribution in [1.29, 1.82) is 0 Å². The number of anilines is 1. The highest BCUT2D eigenvalue weighted by Gasteiger charge is 2.36. The number of rotatable bonds is 63. The molecule has 2 fully saturated rings. The molecule has 0 aromatic heterocycles. The van der Waals surface area contributed by atoms with Crippen LogP contribution in [-0.4, -0.2) is 228 Å². The van der Waals surface area contributed by atoms with Gasteiger partial charge in [-0.1, -0.05) is 12.8 Å². The molecule has 6 unspecified atom stereocenters. The van der Waals surface area contributed by atoms with Crippen LogP contribution >= 0.6 is 23.5 Å². The second-order valence-corrected chi connectivity index (χ2v) is 27.1. The average Bonchev–Trinajstić information content (AvgIpc) is 1.15. The Balaban J connectivity index is 1.21. The van der Waals surface area contributed by atoms with Crippen molar-refractivity contribution in [1.82, 2.24) is 42.5 Å². The summed E-state index contributed by atoms with van der Waals surface area (Å²) in [7, 11) is 3.83. The van der Waals surface area contributed by atoms with Gasteiger partial charge in [-0.3, -0.25) is 33.6 Å². The van der Waals surface area contributed by atoms with E-state index in [1.54, 1.807) is 12.1 Å². The minimum Gasteiger partial charge on any atom is -0.490 e. The van der Waals surface area contributed by atoms with E-state index in [9.17, 15) is 33.6 Å². The van der Waals surface area contributed by atoms with Crippen molar-refractivity contribution in [2.75, 3.05) is 156 Å². The molecule has 7 amide bonds. The van der Waals surface area contributed by atoms with Crippen LogP contribution in [0, 0.1) is 37.0 Å². The van der Waals surface area contributed by atoms with Crippen LogP contribution in [0.4, 0.5) is 5.69 Å². The number of ether oxygens (including phenoxy) is 9.